The van der Waals surface area contributed by atoms with E-state index < -0.39 is 0 Å². The summed E-state index contributed by atoms with van der Waals surface area (Å²) in [6, 6.07) is 39.2. The van der Waals surface area contributed by atoms with Crippen molar-refractivity contribution in [1.29, 1.82) is 0 Å². The maximum atomic E-state index is 5.26. The van der Waals surface area contributed by atoms with Crippen molar-refractivity contribution < 1.29 is 0 Å². The van der Waals surface area contributed by atoms with Crippen molar-refractivity contribution in [3.8, 4) is 39.9 Å². The highest BCUT2D eigenvalue weighted by atomic mass is 15.2. The minimum Gasteiger partial charge on any atom is -0.278 e. The Kier molecular flexibility index (Phi) is 5.77. The molecule has 10 rings (SSSR count). The molecule has 1 unspecified atom stereocenters. The van der Waals surface area contributed by atoms with E-state index in [2.05, 4.69) is 123 Å². The van der Waals surface area contributed by atoms with Gasteiger partial charge in [0.05, 0.1) is 11.0 Å². The van der Waals surface area contributed by atoms with Gasteiger partial charge < -0.3 is 0 Å². The van der Waals surface area contributed by atoms with Gasteiger partial charge >= 0.3 is 0 Å². The summed E-state index contributed by atoms with van der Waals surface area (Å²) in [5, 5.41) is 2.47. The molecule has 2 heterocycles. The number of fused-ring (bicyclic) bond motifs is 9. The molecule has 236 valence electrons. The Balaban J connectivity index is 1.33. The fraction of sp³-hybridized carbons (Fsp3) is 0.178. The molecule has 0 bridgehead atoms. The zero-order chi connectivity index (χ0) is 33.1. The topological polar surface area (TPSA) is 43.6 Å². The SMILES string of the molecule is CC1(C)C2=CC=CCC2c2cc3c4cc5c(cc4n(-c4nc(-c6ccccc6)nc(-c6ccccc6)n4)c3cc21)C(C)(C)c1ccccc1-5. The van der Waals surface area contributed by atoms with Gasteiger partial charge in [-0.1, -0.05) is 136 Å². The van der Waals surface area contributed by atoms with E-state index in [9.17, 15) is 0 Å². The van der Waals surface area contributed by atoms with Crippen LogP contribution in [-0.4, -0.2) is 19.5 Å². The molecule has 2 aromatic heterocycles. The molecule has 4 heteroatoms. The van der Waals surface area contributed by atoms with Gasteiger partial charge in [0.1, 0.15) is 0 Å². The van der Waals surface area contributed by atoms with Crippen LogP contribution in [0, 0.1) is 0 Å². The minimum atomic E-state index is -0.136. The van der Waals surface area contributed by atoms with E-state index >= 15 is 0 Å². The van der Waals surface area contributed by atoms with Gasteiger partial charge in [-0.15, -0.1) is 0 Å². The lowest BCUT2D eigenvalue weighted by Gasteiger charge is -2.25. The summed E-state index contributed by atoms with van der Waals surface area (Å²) in [7, 11) is 0. The van der Waals surface area contributed by atoms with Gasteiger partial charge in [-0.05, 0) is 64.1 Å². The first-order chi connectivity index (χ1) is 23.8. The first-order valence-electron chi connectivity index (χ1n) is 17.3. The molecule has 0 fully saturated rings. The first-order valence-corrected chi connectivity index (χ1v) is 17.3. The van der Waals surface area contributed by atoms with Crippen LogP contribution in [0.25, 0.3) is 61.7 Å². The third-order valence-corrected chi connectivity index (χ3v) is 11.5. The van der Waals surface area contributed by atoms with E-state index in [-0.39, 0.29) is 10.8 Å². The number of aromatic nitrogens is 4. The molecule has 49 heavy (non-hydrogen) atoms. The summed E-state index contributed by atoms with van der Waals surface area (Å²) in [5.41, 5.74) is 13.7. The van der Waals surface area contributed by atoms with Crippen molar-refractivity contribution in [2.45, 2.75) is 50.9 Å². The van der Waals surface area contributed by atoms with Gasteiger partial charge in [-0.2, -0.15) is 9.97 Å². The number of hydrogen-bond donors (Lipinski definition) is 0. The summed E-state index contributed by atoms with van der Waals surface area (Å²) in [6.07, 6.45) is 7.94. The average Bonchev–Trinajstić information content (AvgIpc) is 3.67. The Labute approximate surface area is 286 Å². The zero-order valence-electron chi connectivity index (χ0n) is 28.2. The lowest BCUT2D eigenvalue weighted by atomic mass is 9.79. The summed E-state index contributed by atoms with van der Waals surface area (Å²) in [4.78, 5) is 15.6. The summed E-state index contributed by atoms with van der Waals surface area (Å²) in [6.45, 7) is 9.46. The summed E-state index contributed by atoms with van der Waals surface area (Å²) >= 11 is 0. The Morgan fingerprint density at radius 2 is 1.20 bits per heavy atom. The third kappa shape index (κ3) is 3.95. The second-order valence-electron chi connectivity index (χ2n) is 14.9. The molecular formula is C45H36N4. The lowest BCUT2D eigenvalue weighted by Crippen LogP contribution is -2.17. The molecule has 0 aliphatic heterocycles. The van der Waals surface area contributed by atoms with Crippen molar-refractivity contribution in [1.82, 2.24) is 19.5 Å². The Morgan fingerprint density at radius 1 is 0.592 bits per heavy atom. The molecule has 3 aliphatic rings. The molecule has 0 N–H and O–H groups in total. The number of rotatable bonds is 3. The molecular weight excluding hydrogens is 597 g/mol. The summed E-state index contributed by atoms with van der Waals surface area (Å²) in [5.74, 6) is 2.36. The van der Waals surface area contributed by atoms with E-state index in [1.807, 2.05) is 36.4 Å². The molecule has 3 aliphatic carbocycles. The smallest absolute Gasteiger partial charge is 0.238 e. The molecule has 0 spiro atoms. The minimum absolute atomic E-state index is 0.0770. The van der Waals surface area contributed by atoms with Gasteiger partial charge in [-0.25, -0.2) is 4.98 Å². The van der Waals surface area contributed by atoms with Gasteiger partial charge in [0, 0.05) is 38.6 Å². The van der Waals surface area contributed by atoms with Crippen LogP contribution in [0.3, 0.4) is 0 Å². The van der Waals surface area contributed by atoms with Gasteiger partial charge in [0.25, 0.3) is 0 Å². The summed E-state index contributed by atoms with van der Waals surface area (Å²) < 4.78 is 2.32. The molecule has 7 aromatic rings. The van der Waals surface area contributed by atoms with Crippen molar-refractivity contribution in [2.24, 2.45) is 0 Å². The number of allylic oxidation sites excluding steroid dienone is 4. The van der Waals surface area contributed by atoms with Gasteiger partial charge in [0.2, 0.25) is 5.95 Å². The van der Waals surface area contributed by atoms with Crippen LogP contribution in [0.5, 0.6) is 0 Å². The molecule has 1 atom stereocenters. The first kappa shape index (κ1) is 28.4. The molecule has 0 radical (unpaired) electrons. The van der Waals surface area contributed by atoms with Crippen molar-refractivity contribution in [3.05, 3.63) is 155 Å². The highest BCUT2D eigenvalue weighted by Crippen LogP contribution is 2.55. The maximum Gasteiger partial charge on any atom is 0.238 e. The van der Waals surface area contributed by atoms with E-state index in [1.165, 1.54) is 49.7 Å². The van der Waals surface area contributed by atoms with E-state index in [0.717, 1.165) is 28.6 Å². The highest BCUT2D eigenvalue weighted by Gasteiger charge is 2.43. The van der Waals surface area contributed by atoms with Crippen LogP contribution in [-0.2, 0) is 10.8 Å². The third-order valence-electron chi connectivity index (χ3n) is 11.5. The average molecular weight is 633 g/mol. The monoisotopic (exact) mass is 632 g/mol. The predicted molar refractivity (Wildman–Crippen MR) is 200 cm³/mol. The molecule has 0 saturated carbocycles. The molecule has 0 saturated heterocycles. The largest absolute Gasteiger partial charge is 0.278 e. The fourth-order valence-electron chi connectivity index (χ4n) is 8.94. The zero-order valence-corrected chi connectivity index (χ0v) is 28.2. The predicted octanol–water partition coefficient (Wildman–Crippen LogP) is 10.9. The second-order valence-corrected chi connectivity index (χ2v) is 14.9. The van der Waals surface area contributed by atoms with Gasteiger partial charge in [0.15, 0.2) is 11.6 Å². The number of nitrogens with zero attached hydrogens (tertiary/aromatic N) is 4. The van der Waals surface area contributed by atoms with Crippen LogP contribution in [0.15, 0.2) is 133 Å². The van der Waals surface area contributed by atoms with E-state index in [4.69, 9.17) is 15.0 Å². The Hall–Kier alpha value is -5.61. The molecule has 5 aromatic carbocycles. The van der Waals surface area contributed by atoms with Crippen LogP contribution in [0.4, 0.5) is 0 Å². The second kappa shape index (κ2) is 9.96. The quantitative estimate of drug-likeness (QED) is 0.195. The number of hydrogen-bond acceptors (Lipinski definition) is 3. The van der Waals surface area contributed by atoms with Crippen LogP contribution in [0.2, 0.25) is 0 Å². The molecule has 4 nitrogen and oxygen atoms in total. The van der Waals surface area contributed by atoms with E-state index in [1.54, 1.807) is 0 Å². The van der Waals surface area contributed by atoms with Gasteiger partial charge in [-0.3, -0.25) is 4.57 Å². The fourth-order valence-corrected chi connectivity index (χ4v) is 8.94. The highest BCUT2D eigenvalue weighted by molar-refractivity contribution is 6.12. The number of benzene rings is 5. The van der Waals surface area contributed by atoms with E-state index in [0.29, 0.717) is 23.5 Å². The Morgan fingerprint density at radius 3 is 1.90 bits per heavy atom. The molecule has 0 amide bonds. The maximum absolute atomic E-state index is 5.26. The van der Waals surface area contributed by atoms with Crippen LogP contribution in [0.1, 0.15) is 62.3 Å². The van der Waals surface area contributed by atoms with Crippen LogP contribution >= 0.6 is 0 Å². The lowest BCUT2D eigenvalue weighted by molar-refractivity contribution is 0.612. The standard InChI is InChI=1S/C45H36N4/c1-44(2)35-21-13-11-19-29(35)31-23-33-34-24-32-30-20-12-14-22-36(30)45(3,4)38(32)26-40(34)49(39(33)25-37(31)44)43-47-41(27-15-7-5-8-16-27)46-42(48-43)28-17-9-6-10-18-28/h5-19,21-26,30H,20H2,1-4H3. The Bertz CT molecular complexity index is 2510. The van der Waals surface area contributed by atoms with Crippen molar-refractivity contribution in [3.63, 3.8) is 0 Å². The van der Waals surface area contributed by atoms with Crippen molar-refractivity contribution >= 4 is 21.8 Å². The van der Waals surface area contributed by atoms with Crippen LogP contribution < -0.4 is 0 Å². The van der Waals surface area contributed by atoms with Crippen molar-refractivity contribution in [2.75, 3.05) is 0 Å². The normalized spacial score (nSPS) is 17.9.